The van der Waals surface area contributed by atoms with Crippen molar-refractivity contribution in [3.63, 3.8) is 0 Å². The third-order valence-electron chi connectivity index (χ3n) is 5.38. The topological polar surface area (TPSA) is 101 Å². The fourth-order valence-electron chi connectivity index (χ4n) is 3.59. The number of amides is 1. The molecular weight excluding hydrogens is 480 g/mol. The number of carbonyl (C=O) groups excluding carboxylic acids is 1. The number of hydrogen-bond donors (Lipinski definition) is 2. The van der Waals surface area contributed by atoms with Crippen LogP contribution in [-0.4, -0.2) is 53.0 Å². The SMILES string of the molecule is CC(COc1ccc(Cc2sc(=O)[nH]c2O)cc1)N1CC(COCc2cccc(Cl)c2)OC1=O. The van der Waals surface area contributed by atoms with Crippen molar-refractivity contribution in [3.8, 4) is 11.6 Å². The summed E-state index contributed by atoms with van der Waals surface area (Å²) in [4.78, 5) is 27.9. The first-order chi connectivity index (χ1) is 16.4. The predicted octanol–water partition coefficient (Wildman–Crippen LogP) is 4.19. The zero-order chi connectivity index (χ0) is 24.1. The van der Waals surface area contributed by atoms with Crippen LogP contribution < -0.4 is 9.61 Å². The molecule has 2 aromatic carbocycles. The Labute approximate surface area is 205 Å². The number of nitrogens with zero attached hydrogens (tertiary/aromatic N) is 1. The third kappa shape index (κ3) is 6.31. The minimum absolute atomic E-state index is 0.0881. The van der Waals surface area contributed by atoms with Crippen LogP contribution in [0.1, 0.15) is 22.9 Å². The van der Waals surface area contributed by atoms with E-state index in [1.165, 1.54) is 0 Å². The van der Waals surface area contributed by atoms with Crippen molar-refractivity contribution in [3.05, 3.63) is 79.2 Å². The molecule has 1 fully saturated rings. The summed E-state index contributed by atoms with van der Waals surface area (Å²) in [5.74, 6) is 0.575. The monoisotopic (exact) mass is 504 g/mol. The number of aromatic amines is 1. The largest absolute Gasteiger partial charge is 0.494 e. The van der Waals surface area contributed by atoms with Gasteiger partial charge in [-0.05, 0) is 42.3 Å². The summed E-state index contributed by atoms with van der Waals surface area (Å²) in [6, 6.07) is 14.7. The van der Waals surface area contributed by atoms with E-state index in [4.69, 9.17) is 25.8 Å². The lowest BCUT2D eigenvalue weighted by Gasteiger charge is -2.22. The van der Waals surface area contributed by atoms with Gasteiger partial charge in [0.25, 0.3) is 0 Å². The summed E-state index contributed by atoms with van der Waals surface area (Å²) >= 11 is 6.97. The Morgan fingerprint density at radius 3 is 2.74 bits per heavy atom. The molecule has 8 nitrogen and oxygen atoms in total. The van der Waals surface area contributed by atoms with E-state index in [1.54, 1.807) is 11.0 Å². The molecule has 0 spiro atoms. The van der Waals surface area contributed by atoms with Crippen molar-refractivity contribution in [2.45, 2.75) is 32.1 Å². The molecule has 10 heteroatoms. The lowest BCUT2D eigenvalue weighted by atomic mass is 10.1. The van der Waals surface area contributed by atoms with Crippen molar-refractivity contribution in [2.75, 3.05) is 19.8 Å². The molecule has 0 bridgehead atoms. The second-order valence-electron chi connectivity index (χ2n) is 8.07. The van der Waals surface area contributed by atoms with E-state index in [9.17, 15) is 14.7 Å². The quantitative estimate of drug-likeness (QED) is 0.429. The Hall–Kier alpha value is -3.01. The summed E-state index contributed by atoms with van der Waals surface area (Å²) in [5.41, 5.74) is 1.90. The summed E-state index contributed by atoms with van der Waals surface area (Å²) in [6.07, 6.45) is -0.270. The molecule has 2 N–H and O–H groups in total. The van der Waals surface area contributed by atoms with Crippen molar-refractivity contribution in [2.24, 2.45) is 0 Å². The second kappa shape index (κ2) is 10.9. The molecular formula is C24H25ClN2O6S. The van der Waals surface area contributed by atoms with Gasteiger partial charge in [-0.3, -0.25) is 14.7 Å². The molecule has 1 aliphatic heterocycles. The van der Waals surface area contributed by atoms with Gasteiger partial charge in [-0.25, -0.2) is 4.79 Å². The third-order valence-corrected chi connectivity index (χ3v) is 6.48. The van der Waals surface area contributed by atoms with E-state index in [-0.39, 0.29) is 29.0 Å². The van der Waals surface area contributed by atoms with Crippen LogP contribution in [0, 0.1) is 0 Å². The second-order valence-corrected chi connectivity index (χ2v) is 9.57. The van der Waals surface area contributed by atoms with Crippen LogP contribution in [0.15, 0.2) is 53.3 Å². The van der Waals surface area contributed by atoms with Gasteiger partial charge in [-0.2, -0.15) is 0 Å². The molecule has 2 unspecified atom stereocenters. The molecule has 0 aliphatic carbocycles. The van der Waals surface area contributed by atoms with Crippen LogP contribution in [0.2, 0.25) is 5.02 Å². The van der Waals surface area contributed by atoms with E-state index in [2.05, 4.69) is 4.98 Å². The lowest BCUT2D eigenvalue weighted by Crippen LogP contribution is -2.38. The Kier molecular flexibility index (Phi) is 7.77. The van der Waals surface area contributed by atoms with Gasteiger partial charge >= 0.3 is 11.0 Å². The minimum Gasteiger partial charge on any atom is -0.494 e. The average molecular weight is 505 g/mol. The Bertz CT molecular complexity index is 1180. The van der Waals surface area contributed by atoms with Gasteiger partial charge in [0.1, 0.15) is 18.5 Å². The van der Waals surface area contributed by atoms with Gasteiger partial charge in [-0.1, -0.05) is 47.2 Å². The number of ether oxygens (including phenoxy) is 3. The van der Waals surface area contributed by atoms with Crippen molar-refractivity contribution in [1.29, 1.82) is 0 Å². The van der Waals surface area contributed by atoms with Gasteiger partial charge in [-0.15, -0.1) is 0 Å². The highest BCUT2D eigenvalue weighted by atomic mass is 35.5. The number of nitrogens with one attached hydrogen (secondary N) is 1. The molecule has 2 atom stereocenters. The maximum absolute atomic E-state index is 12.3. The number of benzene rings is 2. The van der Waals surface area contributed by atoms with E-state index < -0.39 is 0 Å². The summed E-state index contributed by atoms with van der Waals surface area (Å²) in [6.45, 7) is 3.34. The van der Waals surface area contributed by atoms with Crippen LogP contribution in [0.4, 0.5) is 4.79 Å². The Morgan fingerprint density at radius 2 is 2.03 bits per heavy atom. The number of H-pyrrole nitrogens is 1. The van der Waals surface area contributed by atoms with Gasteiger partial charge in [0.2, 0.25) is 5.88 Å². The number of halogens is 1. The minimum atomic E-state index is -0.381. The molecule has 1 aromatic heterocycles. The Morgan fingerprint density at radius 1 is 1.24 bits per heavy atom. The van der Waals surface area contributed by atoms with Crippen LogP contribution in [-0.2, 0) is 22.5 Å². The Balaban J connectivity index is 1.22. The highest BCUT2D eigenvalue weighted by molar-refractivity contribution is 7.09. The fraction of sp³-hybridized carbons (Fsp3) is 0.333. The van der Waals surface area contributed by atoms with E-state index >= 15 is 0 Å². The molecule has 180 valence electrons. The first-order valence-electron chi connectivity index (χ1n) is 10.8. The molecule has 1 aliphatic rings. The first-order valence-corrected chi connectivity index (χ1v) is 12.0. The van der Waals surface area contributed by atoms with Crippen LogP contribution in [0.25, 0.3) is 0 Å². The average Bonchev–Trinajstić information content (AvgIpc) is 3.33. The zero-order valence-electron chi connectivity index (χ0n) is 18.5. The van der Waals surface area contributed by atoms with Gasteiger partial charge in [0.05, 0.1) is 30.7 Å². The van der Waals surface area contributed by atoms with Crippen LogP contribution in [0.3, 0.4) is 0 Å². The number of cyclic esters (lactones) is 1. The van der Waals surface area contributed by atoms with Crippen molar-refractivity contribution < 1.29 is 24.1 Å². The zero-order valence-corrected chi connectivity index (χ0v) is 20.1. The van der Waals surface area contributed by atoms with E-state index in [0.717, 1.165) is 22.5 Å². The molecule has 4 rings (SSSR count). The summed E-state index contributed by atoms with van der Waals surface area (Å²) in [7, 11) is 0. The number of carbonyl (C=O) groups is 1. The predicted molar refractivity (Wildman–Crippen MR) is 129 cm³/mol. The number of hydrogen-bond acceptors (Lipinski definition) is 7. The standard InChI is InChI=1S/C24H25ClN2O6S/c1-15(12-32-19-7-5-16(6-8-19)10-21-22(28)26-23(29)34-21)27-11-20(33-24(27)30)14-31-13-17-3-2-4-18(25)9-17/h2-9,15,20,28H,10-14H2,1H3,(H,26,29). The smallest absolute Gasteiger partial charge is 0.410 e. The van der Waals surface area contributed by atoms with Crippen molar-refractivity contribution in [1.82, 2.24) is 9.88 Å². The van der Waals surface area contributed by atoms with Gasteiger partial charge in [0.15, 0.2) is 0 Å². The molecule has 1 amide bonds. The molecule has 34 heavy (non-hydrogen) atoms. The van der Waals surface area contributed by atoms with Gasteiger partial charge in [0, 0.05) is 11.4 Å². The summed E-state index contributed by atoms with van der Waals surface area (Å²) < 4.78 is 17.0. The number of thiazole rings is 1. The lowest BCUT2D eigenvalue weighted by molar-refractivity contribution is 0.0381. The molecule has 1 saturated heterocycles. The highest BCUT2D eigenvalue weighted by Crippen LogP contribution is 2.22. The molecule has 3 aromatic rings. The van der Waals surface area contributed by atoms with E-state index in [0.29, 0.717) is 48.4 Å². The molecule has 2 heterocycles. The first kappa shape index (κ1) is 24.1. The van der Waals surface area contributed by atoms with E-state index in [1.807, 2.05) is 49.4 Å². The van der Waals surface area contributed by atoms with Crippen LogP contribution in [0.5, 0.6) is 11.6 Å². The maximum Gasteiger partial charge on any atom is 0.410 e. The summed E-state index contributed by atoms with van der Waals surface area (Å²) in [5, 5.41) is 10.4. The fourth-order valence-corrected chi connectivity index (χ4v) is 4.56. The number of rotatable bonds is 10. The number of aromatic nitrogens is 1. The van der Waals surface area contributed by atoms with Crippen molar-refractivity contribution >= 4 is 29.0 Å². The highest BCUT2D eigenvalue weighted by Gasteiger charge is 2.34. The van der Waals surface area contributed by atoms with Gasteiger partial charge < -0.3 is 19.3 Å². The normalized spacial score (nSPS) is 16.5. The maximum atomic E-state index is 12.3. The number of aromatic hydroxyl groups is 1. The molecule has 0 saturated carbocycles. The molecule has 0 radical (unpaired) electrons. The van der Waals surface area contributed by atoms with Crippen LogP contribution >= 0.6 is 22.9 Å².